The van der Waals surface area contributed by atoms with Crippen LogP contribution in [0.5, 0.6) is 0 Å². The first kappa shape index (κ1) is 25.1. The summed E-state index contributed by atoms with van der Waals surface area (Å²) in [6.07, 6.45) is 6.04. The van der Waals surface area contributed by atoms with Gasteiger partial charge >= 0.3 is 11.9 Å². The van der Waals surface area contributed by atoms with Crippen LogP contribution in [-0.2, 0) is 19.1 Å². The Morgan fingerprint density at radius 3 is 2.59 bits per heavy atom. The summed E-state index contributed by atoms with van der Waals surface area (Å²) >= 11 is 0. The summed E-state index contributed by atoms with van der Waals surface area (Å²) in [5.41, 5.74) is 1.47. The van der Waals surface area contributed by atoms with Crippen molar-refractivity contribution in [2.75, 3.05) is 13.7 Å². The van der Waals surface area contributed by atoms with Crippen molar-refractivity contribution in [1.29, 1.82) is 0 Å². The molecule has 0 aliphatic heterocycles. The normalized spacial score (nSPS) is 24.4. The maximum absolute atomic E-state index is 12.7. The van der Waals surface area contributed by atoms with Crippen LogP contribution in [-0.4, -0.2) is 47.6 Å². The van der Waals surface area contributed by atoms with Crippen molar-refractivity contribution in [3.63, 3.8) is 0 Å². The maximum atomic E-state index is 12.7. The van der Waals surface area contributed by atoms with E-state index in [2.05, 4.69) is 19.6 Å². The van der Waals surface area contributed by atoms with Gasteiger partial charge in [-0.25, -0.2) is 0 Å². The van der Waals surface area contributed by atoms with Crippen LogP contribution in [0.15, 0.2) is 35.5 Å². The van der Waals surface area contributed by atoms with Gasteiger partial charge in [-0.2, -0.15) is 0 Å². The van der Waals surface area contributed by atoms with Gasteiger partial charge < -0.3 is 19.7 Å². The summed E-state index contributed by atoms with van der Waals surface area (Å²) in [6, 6.07) is 0. The summed E-state index contributed by atoms with van der Waals surface area (Å²) < 4.78 is 10.3. The molecule has 6 nitrogen and oxygen atoms in total. The van der Waals surface area contributed by atoms with E-state index in [9.17, 15) is 19.8 Å². The molecule has 0 saturated carbocycles. The largest absolute Gasteiger partial charge is 0.469 e. The lowest BCUT2D eigenvalue weighted by Crippen LogP contribution is -2.35. The molecule has 0 aromatic rings. The van der Waals surface area contributed by atoms with Gasteiger partial charge in [0.05, 0.1) is 24.7 Å². The van der Waals surface area contributed by atoms with Crippen LogP contribution in [0, 0.1) is 11.8 Å². The van der Waals surface area contributed by atoms with E-state index < -0.39 is 23.6 Å². The van der Waals surface area contributed by atoms with Crippen molar-refractivity contribution < 1.29 is 29.3 Å². The van der Waals surface area contributed by atoms with Crippen LogP contribution in [0.1, 0.15) is 59.8 Å². The molecule has 3 atom stereocenters. The lowest BCUT2D eigenvalue weighted by atomic mass is 9.77. The summed E-state index contributed by atoms with van der Waals surface area (Å²) in [6.45, 7) is 10.6. The van der Waals surface area contributed by atoms with Gasteiger partial charge in [-0.3, -0.25) is 9.59 Å². The van der Waals surface area contributed by atoms with Crippen molar-refractivity contribution in [3.8, 4) is 0 Å². The number of aliphatic hydroxyl groups is 2. The molecule has 0 fully saturated rings. The third kappa shape index (κ3) is 8.15. The van der Waals surface area contributed by atoms with E-state index >= 15 is 0 Å². The summed E-state index contributed by atoms with van der Waals surface area (Å²) in [4.78, 5) is 24.1. The molecule has 0 heterocycles. The first-order chi connectivity index (χ1) is 13.5. The van der Waals surface area contributed by atoms with Crippen LogP contribution < -0.4 is 0 Å². The molecule has 0 bridgehead atoms. The predicted molar refractivity (Wildman–Crippen MR) is 112 cm³/mol. The first-order valence-corrected chi connectivity index (χ1v) is 10.1. The van der Waals surface area contributed by atoms with E-state index in [0.29, 0.717) is 12.8 Å². The first-order valence-electron chi connectivity index (χ1n) is 10.1. The van der Waals surface area contributed by atoms with Gasteiger partial charge in [-0.15, -0.1) is 0 Å². The topological polar surface area (TPSA) is 93.1 Å². The molecule has 1 rings (SSSR count). The molecule has 0 unspecified atom stereocenters. The van der Waals surface area contributed by atoms with Crippen molar-refractivity contribution in [3.05, 3.63) is 35.5 Å². The molecule has 164 valence electrons. The Kier molecular flexibility index (Phi) is 9.80. The highest BCUT2D eigenvalue weighted by molar-refractivity contribution is 5.76. The molecule has 0 aromatic heterocycles. The summed E-state index contributed by atoms with van der Waals surface area (Å²) in [7, 11) is 1.36. The molecule has 1 aliphatic carbocycles. The van der Waals surface area contributed by atoms with Crippen molar-refractivity contribution in [1.82, 2.24) is 0 Å². The van der Waals surface area contributed by atoms with Crippen LogP contribution in [0.3, 0.4) is 0 Å². The second-order valence-corrected chi connectivity index (χ2v) is 8.36. The van der Waals surface area contributed by atoms with Crippen LogP contribution in [0.2, 0.25) is 0 Å². The standard InChI is InChI=1S/C23H36O6/c1-15-8-7-9-16(2)21(22(26)28-6)19(12-10-15)18(14-29-17(3)24)11-13-20(25)23(4,5)27/h8,11,19-21,25,27H,2,7,9-10,12-14H2,1,3-6H3/b15-8+,18-11-/t19-,20-,21+/m1/s1. The zero-order valence-corrected chi connectivity index (χ0v) is 18.4. The Morgan fingerprint density at radius 1 is 1.38 bits per heavy atom. The van der Waals surface area contributed by atoms with E-state index in [0.717, 1.165) is 24.0 Å². The molecule has 0 amide bonds. The molecule has 6 heteroatoms. The van der Waals surface area contributed by atoms with Crippen molar-refractivity contribution in [2.45, 2.75) is 71.5 Å². The van der Waals surface area contributed by atoms with Crippen LogP contribution in [0.25, 0.3) is 0 Å². The number of hydrogen-bond donors (Lipinski definition) is 2. The van der Waals surface area contributed by atoms with Gasteiger partial charge in [0.25, 0.3) is 0 Å². The molecule has 0 aromatic carbocycles. The number of rotatable bonds is 7. The third-order valence-corrected chi connectivity index (χ3v) is 5.44. The fourth-order valence-electron chi connectivity index (χ4n) is 3.51. The Labute approximate surface area is 174 Å². The number of ether oxygens (including phenoxy) is 2. The molecular formula is C23H36O6. The highest BCUT2D eigenvalue weighted by atomic mass is 16.5. The van der Waals surface area contributed by atoms with Gasteiger partial charge in [0.1, 0.15) is 6.61 Å². The monoisotopic (exact) mass is 408 g/mol. The minimum Gasteiger partial charge on any atom is -0.469 e. The Morgan fingerprint density at radius 2 is 2.03 bits per heavy atom. The van der Waals surface area contributed by atoms with Crippen molar-refractivity contribution in [2.24, 2.45) is 11.8 Å². The number of esters is 2. The second-order valence-electron chi connectivity index (χ2n) is 8.36. The molecule has 29 heavy (non-hydrogen) atoms. The number of carbonyl (C=O) groups excluding carboxylic acids is 2. The predicted octanol–water partition coefficient (Wildman–Crippen LogP) is 3.48. The summed E-state index contributed by atoms with van der Waals surface area (Å²) in [5.74, 6) is -1.62. The van der Waals surface area contributed by atoms with E-state index in [1.165, 1.54) is 33.5 Å². The smallest absolute Gasteiger partial charge is 0.313 e. The number of aliphatic hydroxyl groups excluding tert-OH is 1. The highest BCUT2D eigenvalue weighted by Crippen LogP contribution is 2.36. The van der Waals surface area contributed by atoms with Gasteiger partial charge in [-0.1, -0.05) is 29.9 Å². The van der Waals surface area contributed by atoms with E-state index in [1.807, 2.05) is 0 Å². The van der Waals surface area contributed by atoms with E-state index in [1.54, 1.807) is 6.08 Å². The molecule has 1 aliphatic rings. The van der Waals surface area contributed by atoms with Crippen LogP contribution >= 0.6 is 0 Å². The zero-order valence-electron chi connectivity index (χ0n) is 18.4. The number of carbonyl (C=O) groups is 2. The molecule has 0 spiro atoms. The highest BCUT2D eigenvalue weighted by Gasteiger charge is 2.35. The minimum atomic E-state index is -1.27. The van der Waals surface area contributed by atoms with Crippen LogP contribution in [0.4, 0.5) is 0 Å². The molecular weight excluding hydrogens is 372 g/mol. The quantitative estimate of drug-likeness (QED) is 0.495. The molecule has 0 saturated heterocycles. The fraction of sp³-hybridized carbons (Fsp3) is 0.652. The third-order valence-electron chi connectivity index (χ3n) is 5.44. The maximum Gasteiger partial charge on any atom is 0.313 e. The average Bonchev–Trinajstić information content (AvgIpc) is 2.69. The Bertz CT molecular complexity index is 653. The van der Waals surface area contributed by atoms with Gasteiger partial charge in [0.2, 0.25) is 0 Å². The lowest BCUT2D eigenvalue weighted by molar-refractivity contribution is -0.145. The average molecular weight is 409 g/mol. The number of allylic oxidation sites excluding steroid dienone is 2. The van der Waals surface area contributed by atoms with Gasteiger partial charge in [-0.05, 0) is 58.4 Å². The van der Waals surface area contributed by atoms with E-state index in [4.69, 9.17) is 9.47 Å². The molecule has 0 radical (unpaired) electrons. The lowest BCUT2D eigenvalue weighted by Gasteiger charge is -2.30. The summed E-state index contributed by atoms with van der Waals surface area (Å²) in [5, 5.41) is 20.3. The second kappa shape index (κ2) is 11.3. The minimum absolute atomic E-state index is 0.0160. The number of hydrogen-bond acceptors (Lipinski definition) is 6. The van der Waals surface area contributed by atoms with E-state index in [-0.39, 0.29) is 24.9 Å². The van der Waals surface area contributed by atoms with Crippen molar-refractivity contribution >= 4 is 11.9 Å². The van der Waals surface area contributed by atoms with Gasteiger partial charge in [0, 0.05) is 12.8 Å². The zero-order chi connectivity index (χ0) is 22.2. The Balaban J connectivity index is 3.33. The Hall–Kier alpha value is -1.92. The number of methoxy groups -OCH3 is 1. The molecule has 2 N–H and O–H groups in total. The fourth-order valence-corrected chi connectivity index (χ4v) is 3.51. The SMILES string of the molecule is C=C1CC/C=C(\C)CC[C@H](/C(=C\C[C@@H](O)C(C)(C)O)COC(C)=O)[C@H]1C(=O)OC. The van der Waals surface area contributed by atoms with Gasteiger partial charge in [0.15, 0.2) is 0 Å².